The third-order valence-electron chi connectivity index (χ3n) is 2.00. The van der Waals surface area contributed by atoms with Crippen molar-refractivity contribution in [2.75, 3.05) is 0 Å². The third-order valence-corrected chi connectivity index (χ3v) is 2.53. The lowest BCUT2D eigenvalue weighted by Crippen LogP contribution is -2.41. The predicted octanol–water partition coefficient (Wildman–Crippen LogP) is 2.94. The van der Waals surface area contributed by atoms with E-state index in [4.69, 9.17) is 0 Å². The van der Waals surface area contributed by atoms with Crippen LogP contribution >= 0.6 is 15.9 Å². The molecule has 0 heterocycles. The first-order chi connectivity index (χ1) is 7.78. The summed E-state index contributed by atoms with van der Waals surface area (Å²) in [5.41, 5.74) is 0.245. The van der Waals surface area contributed by atoms with Crippen molar-refractivity contribution in [1.82, 2.24) is 5.32 Å². The van der Waals surface area contributed by atoms with Crippen molar-refractivity contribution >= 4 is 27.6 Å². The van der Waals surface area contributed by atoms with E-state index < -0.39 is 0 Å². The first-order valence-corrected chi connectivity index (χ1v) is 6.17. The molecule has 1 amide bonds. The molecule has 0 spiro atoms. The lowest BCUT2D eigenvalue weighted by atomic mass is 10.1. The van der Waals surface area contributed by atoms with Gasteiger partial charge >= 0.3 is 0 Å². The summed E-state index contributed by atoms with van der Waals surface area (Å²) in [5.74, 6) is -0.412. The molecule has 0 saturated heterocycles. The first-order valence-electron chi connectivity index (χ1n) is 5.38. The van der Waals surface area contributed by atoms with Crippen LogP contribution < -0.4 is 5.32 Å². The number of hydrogen-bond acceptors (Lipinski definition) is 2. The van der Waals surface area contributed by atoms with Gasteiger partial charge in [-0.3, -0.25) is 9.59 Å². The van der Waals surface area contributed by atoms with E-state index in [0.29, 0.717) is 5.56 Å². The lowest BCUT2D eigenvalue weighted by molar-refractivity contribution is -0.121. The van der Waals surface area contributed by atoms with Gasteiger partial charge in [-0.15, -0.1) is 0 Å². The van der Waals surface area contributed by atoms with Crippen LogP contribution in [0.25, 0.3) is 0 Å². The molecule has 17 heavy (non-hydrogen) atoms. The molecule has 0 aliphatic rings. The fourth-order valence-corrected chi connectivity index (χ4v) is 1.61. The van der Waals surface area contributed by atoms with Gasteiger partial charge in [0.1, 0.15) is 0 Å². The minimum absolute atomic E-state index is 0.112. The van der Waals surface area contributed by atoms with Crippen molar-refractivity contribution in [1.29, 1.82) is 0 Å². The van der Waals surface area contributed by atoms with E-state index in [-0.39, 0.29) is 23.7 Å². The molecule has 0 aliphatic carbocycles. The van der Waals surface area contributed by atoms with Crippen molar-refractivity contribution in [3.05, 3.63) is 34.3 Å². The Balaban J connectivity index is 2.61. The molecular weight excluding hydrogens is 282 g/mol. The molecule has 0 aliphatic heterocycles. The standard InChI is InChI=1S/C13H16BrNO2/c1-13(2,3)15-12(17)8-11(16)9-4-6-10(14)7-5-9/h4-7H,8H2,1-3H3,(H,15,17). The predicted molar refractivity (Wildman–Crippen MR) is 71.0 cm³/mol. The minimum atomic E-state index is -0.308. The summed E-state index contributed by atoms with van der Waals surface area (Å²) in [4.78, 5) is 23.3. The number of benzene rings is 1. The lowest BCUT2D eigenvalue weighted by Gasteiger charge is -2.20. The Morgan fingerprint density at radius 1 is 1.18 bits per heavy atom. The smallest absolute Gasteiger partial charge is 0.228 e. The number of amides is 1. The Morgan fingerprint density at radius 2 is 1.71 bits per heavy atom. The van der Waals surface area contributed by atoms with E-state index in [1.807, 2.05) is 20.8 Å². The van der Waals surface area contributed by atoms with Crippen LogP contribution in [0, 0.1) is 0 Å². The van der Waals surface area contributed by atoms with Gasteiger partial charge in [-0.05, 0) is 32.9 Å². The van der Waals surface area contributed by atoms with Crippen LogP contribution in [0.2, 0.25) is 0 Å². The zero-order chi connectivity index (χ0) is 13.1. The van der Waals surface area contributed by atoms with Crippen molar-refractivity contribution in [3.63, 3.8) is 0 Å². The molecular formula is C13H16BrNO2. The number of Topliss-reactive ketones (excluding diaryl/α,β-unsaturated/α-hetero) is 1. The fourth-order valence-electron chi connectivity index (χ4n) is 1.35. The third kappa shape index (κ3) is 5.13. The fraction of sp³-hybridized carbons (Fsp3) is 0.385. The van der Waals surface area contributed by atoms with Crippen LogP contribution in [-0.2, 0) is 4.79 Å². The quantitative estimate of drug-likeness (QED) is 0.689. The van der Waals surface area contributed by atoms with Crippen LogP contribution in [0.15, 0.2) is 28.7 Å². The molecule has 1 aromatic rings. The molecule has 3 nitrogen and oxygen atoms in total. The molecule has 4 heteroatoms. The maximum atomic E-state index is 11.8. The van der Waals surface area contributed by atoms with E-state index in [2.05, 4.69) is 21.2 Å². The summed E-state index contributed by atoms with van der Waals surface area (Å²) >= 11 is 3.29. The van der Waals surface area contributed by atoms with E-state index in [1.165, 1.54) is 0 Å². The Kier molecular flexibility index (Phi) is 4.46. The Bertz CT molecular complexity index is 418. The Labute approximate surface area is 110 Å². The Hall–Kier alpha value is -1.16. The maximum absolute atomic E-state index is 11.8. The van der Waals surface area contributed by atoms with Crippen molar-refractivity contribution in [2.24, 2.45) is 0 Å². The number of carbonyl (C=O) groups excluding carboxylic acids is 2. The number of carbonyl (C=O) groups is 2. The van der Waals surface area contributed by atoms with Crippen molar-refractivity contribution < 1.29 is 9.59 Å². The highest BCUT2D eigenvalue weighted by Crippen LogP contribution is 2.12. The number of hydrogen-bond donors (Lipinski definition) is 1. The van der Waals surface area contributed by atoms with E-state index in [9.17, 15) is 9.59 Å². The van der Waals surface area contributed by atoms with Gasteiger partial charge in [0.25, 0.3) is 0 Å². The molecule has 0 unspecified atom stereocenters. The summed E-state index contributed by atoms with van der Waals surface area (Å²) in [6.07, 6.45) is -0.112. The normalized spacial score (nSPS) is 11.1. The summed E-state index contributed by atoms with van der Waals surface area (Å²) in [7, 11) is 0. The highest BCUT2D eigenvalue weighted by atomic mass is 79.9. The van der Waals surface area contributed by atoms with Gasteiger partial charge in [-0.1, -0.05) is 28.1 Å². The second-order valence-corrected chi connectivity index (χ2v) is 5.82. The van der Waals surface area contributed by atoms with Crippen LogP contribution in [0.1, 0.15) is 37.6 Å². The zero-order valence-electron chi connectivity index (χ0n) is 10.2. The van der Waals surface area contributed by atoms with Gasteiger partial charge in [0.2, 0.25) is 5.91 Å². The SMILES string of the molecule is CC(C)(C)NC(=O)CC(=O)c1ccc(Br)cc1. The average Bonchev–Trinajstić information content (AvgIpc) is 2.15. The van der Waals surface area contributed by atoms with E-state index >= 15 is 0 Å². The number of ketones is 1. The molecule has 0 atom stereocenters. The molecule has 1 N–H and O–H groups in total. The summed E-state index contributed by atoms with van der Waals surface area (Å²) in [6.45, 7) is 5.65. The van der Waals surface area contributed by atoms with Gasteiger partial charge < -0.3 is 5.32 Å². The number of nitrogens with one attached hydrogen (secondary N) is 1. The van der Waals surface area contributed by atoms with Gasteiger partial charge in [0.15, 0.2) is 5.78 Å². The second kappa shape index (κ2) is 5.45. The summed E-state index contributed by atoms with van der Waals surface area (Å²) < 4.78 is 0.910. The van der Waals surface area contributed by atoms with Gasteiger partial charge in [-0.2, -0.15) is 0 Å². The zero-order valence-corrected chi connectivity index (χ0v) is 11.8. The van der Waals surface area contributed by atoms with Crippen LogP contribution in [0.5, 0.6) is 0 Å². The molecule has 0 bridgehead atoms. The monoisotopic (exact) mass is 297 g/mol. The minimum Gasteiger partial charge on any atom is -0.351 e. The molecule has 1 aromatic carbocycles. The topological polar surface area (TPSA) is 46.2 Å². The van der Waals surface area contributed by atoms with Crippen LogP contribution in [0.3, 0.4) is 0 Å². The summed E-state index contributed by atoms with van der Waals surface area (Å²) in [6, 6.07) is 6.98. The number of rotatable bonds is 3. The van der Waals surface area contributed by atoms with E-state index in [1.54, 1.807) is 24.3 Å². The number of halogens is 1. The highest BCUT2D eigenvalue weighted by Gasteiger charge is 2.17. The maximum Gasteiger partial charge on any atom is 0.228 e. The molecule has 92 valence electrons. The largest absolute Gasteiger partial charge is 0.351 e. The molecule has 0 saturated carbocycles. The van der Waals surface area contributed by atoms with Crippen LogP contribution in [0.4, 0.5) is 0 Å². The highest BCUT2D eigenvalue weighted by molar-refractivity contribution is 9.10. The first kappa shape index (κ1) is 13.9. The molecule has 0 radical (unpaired) electrons. The molecule has 0 fully saturated rings. The van der Waals surface area contributed by atoms with Gasteiger partial charge in [0, 0.05) is 15.6 Å². The van der Waals surface area contributed by atoms with Gasteiger partial charge in [0.05, 0.1) is 6.42 Å². The van der Waals surface area contributed by atoms with Crippen molar-refractivity contribution in [2.45, 2.75) is 32.7 Å². The average molecular weight is 298 g/mol. The summed E-state index contributed by atoms with van der Waals surface area (Å²) in [5, 5.41) is 2.76. The molecule has 0 aromatic heterocycles. The van der Waals surface area contributed by atoms with Crippen LogP contribution in [-0.4, -0.2) is 17.2 Å². The van der Waals surface area contributed by atoms with Crippen molar-refractivity contribution in [3.8, 4) is 0 Å². The molecule has 1 rings (SSSR count). The van der Waals surface area contributed by atoms with Gasteiger partial charge in [-0.25, -0.2) is 0 Å². The second-order valence-electron chi connectivity index (χ2n) is 4.91. The van der Waals surface area contributed by atoms with E-state index in [0.717, 1.165) is 4.47 Å². The Morgan fingerprint density at radius 3 is 2.18 bits per heavy atom.